The smallest absolute Gasteiger partial charge is 0.224 e. The number of ether oxygens (including phenoxy) is 1. The lowest BCUT2D eigenvalue weighted by atomic mass is 10.2. The molecule has 108 valence electrons. The molecule has 0 atom stereocenters. The van der Waals surface area contributed by atoms with Crippen molar-refractivity contribution >= 4 is 28.3 Å². The van der Waals surface area contributed by atoms with E-state index in [9.17, 15) is 5.11 Å². The van der Waals surface area contributed by atoms with Gasteiger partial charge in [-0.15, -0.1) is 0 Å². The average molecular weight is 306 g/mol. The Labute approximate surface area is 125 Å². The highest BCUT2D eigenvalue weighted by Gasteiger charge is 2.12. The first-order chi connectivity index (χ1) is 10.2. The van der Waals surface area contributed by atoms with E-state index in [4.69, 9.17) is 20.8 Å². The van der Waals surface area contributed by atoms with E-state index in [1.807, 2.05) is 12.1 Å². The molecule has 2 aromatic heterocycles. The molecule has 1 aromatic carbocycles. The normalized spacial score (nSPS) is 10.8. The van der Waals surface area contributed by atoms with Crippen molar-refractivity contribution in [2.45, 2.75) is 6.54 Å². The molecule has 0 spiro atoms. The summed E-state index contributed by atoms with van der Waals surface area (Å²) >= 11 is 5.91. The zero-order valence-electron chi connectivity index (χ0n) is 11.1. The molecule has 0 bridgehead atoms. The Morgan fingerprint density at radius 1 is 1.38 bits per heavy atom. The van der Waals surface area contributed by atoms with Crippen LogP contribution in [0.25, 0.3) is 10.9 Å². The van der Waals surface area contributed by atoms with Crippen LogP contribution in [0.15, 0.2) is 34.9 Å². The fourth-order valence-electron chi connectivity index (χ4n) is 2.00. The molecule has 21 heavy (non-hydrogen) atoms. The van der Waals surface area contributed by atoms with Gasteiger partial charge in [-0.3, -0.25) is 0 Å². The molecule has 3 aromatic rings. The van der Waals surface area contributed by atoms with Gasteiger partial charge in [0.15, 0.2) is 11.5 Å². The minimum atomic E-state index is -0.00301. The van der Waals surface area contributed by atoms with Gasteiger partial charge >= 0.3 is 0 Å². The molecule has 0 aliphatic heterocycles. The van der Waals surface area contributed by atoms with Crippen molar-refractivity contribution in [2.24, 2.45) is 0 Å². The number of furan rings is 1. The summed E-state index contributed by atoms with van der Waals surface area (Å²) in [6.45, 7) is 0.457. The summed E-state index contributed by atoms with van der Waals surface area (Å²) in [6.07, 6.45) is 1.60. The van der Waals surface area contributed by atoms with Gasteiger partial charge in [0, 0.05) is 11.5 Å². The summed E-state index contributed by atoms with van der Waals surface area (Å²) in [5.74, 6) is 1.65. The van der Waals surface area contributed by atoms with Crippen molar-refractivity contribution < 1.29 is 14.3 Å². The number of benzene rings is 1. The van der Waals surface area contributed by atoms with Gasteiger partial charge in [0.1, 0.15) is 11.6 Å². The lowest BCUT2D eigenvalue weighted by Crippen LogP contribution is -2.02. The molecular weight excluding hydrogens is 294 g/mol. The molecule has 0 radical (unpaired) electrons. The van der Waals surface area contributed by atoms with Crippen LogP contribution in [0, 0.1) is 0 Å². The topological polar surface area (TPSA) is 80.4 Å². The Morgan fingerprint density at radius 3 is 2.95 bits per heavy atom. The van der Waals surface area contributed by atoms with Crippen LogP contribution in [0.4, 0.5) is 5.82 Å². The van der Waals surface area contributed by atoms with Gasteiger partial charge in [0.25, 0.3) is 0 Å². The van der Waals surface area contributed by atoms with Crippen LogP contribution >= 0.6 is 11.6 Å². The number of nitrogens with zero attached hydrogens (tertiary/aromatic N) is 2. The van der Waals surface area contributed by atoms with Crippen molar-refractivity contribution in [1.29, 1.82) is 0 Å². The summed E-state index contributed by atoms with van der Waals surface area (Å²) in [7, 11) is 1.48. The first-order valence-corrected chi connectivity index (χ1v) is 6.55. The molecule has 0 saturated carbocycles. The quantitative estimate of drug-likeness (QED) is 0.720. The van der Waals surface area contributed by atoms with Gasteiger partial charge < -0.3 is 19.6 Å². The number of phenols is 1. The molecule has 6 nitrogen and oxygen atoms in total. The number of rotatable bonds is 4. The number of fused-ring (bicyclic) bond motifs is 1. The Bertz CT molecular complexity index is 775. The molecule has 0 saturated heterocycles. The number of nitrogens with one attached hydrogen (secondary N) is 1. The standard InChI is InChI=1S/C14H12ClN3O3/c1-20-12-5-9-10(6-11(12)19)17-14(15)18-13(9)16-7-8-3-2-4-21-8/h2-6,19H,7H2,1H3,(H,16,17,18). The molecule has 2 heterocycles. The molecule has 0 fully saturated rings. The van der Waals surface area contributed by atoms with Gasteiger partial charge in [-0.05, 0) is 29.8 Å². The van der Waals surface area contributed by atoms with Crippen LogP contribution in [0.2, 0.25) is 5.28 Å². The second-order valence-electron chi connectivity index (χ2n) is 4.32. The molecule has 3 rings (SSSR count). The van der Waals surface area contributed by atoms with Crippen molar-refractivity contribution in [1.82, 2.24) is 9.97 Å². The third kappa shape index (κ3) is 2.71. The SMILES string of the molecule is COc1cc2c(NCc3ccco3)nc(Cl)nc2cc1O. The number of hydrogen-bond acceptors (Lipinski definition) is 6. The number of anilines is 1. The second-order valence-corrected chi connectivity index (χ2v) is 4.65. The number of halogens is 1. The van der Waals surface area contributed by atoms with Crippen LogP contribution in [0.5, 0.6) is 11.5 Å². The Balaban J connectivity index is 2.03. The molecule has 0 amide bonds. The summed E-state index contributed by atoms with van der Waals surface area (Å²) in [5.41, 5.74) is 0.523. The van der Waals surface area contributed by atoms with E-state index in [1.54, 1.807) is 12.3 Å². The first-order valence-electron chi connectivity index (χ1n) is 6.18. The van der Waals surface area contributed by atoms with E-state index < -0.39 is 0 Å². The molecule has 0 aliphatic carbocycles. The van der Waals surface area contributed by atoms with Crippen LogP contribution in [0.1, 0.15) is 5.76 Å². The monoisotopic (exact) mass is 305 g/mol. The highest BCUT2D eigenvalue weighted by Crippen LogP contribution is 2.33. The molecular formula is C14H12ClN3O3. The number of aromatic nitrogens is 2. The summed E-state index contributed by atoms with van der Waals surface area (Å²) in [6, 6.07) is 6.80. The third-order valence-electron chi connectivity index (χ3n) is 2.98. The van der Waals surface area contributed by atoms with Crippen LogP contribution in [0.3, 0.4) is 0 Å². The fourth-order valence-corrected chi connectivity index (χ4v) is 2.17. The molecule has 2 N–H and O–H groups in total. The second kappa shape index (κ2) is 5.49. The van der Waals surface area contributed by atoms with Crippen LogP contribution in [-0.2, 0) is 6.54 Å². The van der Waals surface area contributed by atoms with Gasteiger partial charge in [-0.1, -0.05) is 0 Å². The van der Waals surface area contributed by atoms with Crippen LogP contribution in [-0.4, -0.2) is 22.2 Å². The maximum Gasteiger partial charge on any atom is 0.224 e. The van der Waals surface area contributed by atoms with E-state index in [2.05, 4.69) is 15.3 Å². The first kappa shape index (κ1) is 13.5. The van der Waals surface area contributed by atoms with Gasteiger partial charge in [-0.25, -0.2) is 9.97 Å². The predicted octanol–water partition coefficient (Wildman–Crippen LogP) is 3.20. The predicted molar refractivity (Wildman–Crippen MR) is 78.8 cm³/mol. The average Bonchev–Trinajstić information content (AvgIpc) is 2.97. The number of hydrogen-bond donors (Lipinski definition) is 2. The molecule has 7 heteroatoms. The van der Waals surface area contributed by atoms with E-state index in [0.29, 0.717) is 29.0 Å². The highest BCUT2D eigenvalue weighted by atomic mass is 35.5. The minimum absolute atomic E-state index is 0.00301. The number of methoxy groups -OCH3 is 1. The fraction of sp³-hybridized carbons (Fsp3) is 0.143. The van der Waals surface area contributed by atoms with Gasteiger partial charge in [-0.2, -0.15) is 0 Å². The third-order valence-corrected chi connectivity index (χ3v) is 3.15. The zero-order chi connectivity index (χ0) is 14.8. The van der Waals surface area contributed by atoms with E-state index >= 15 is 0 Å². The van der Waals surface area contributed by atoms with Crippen molar-refractivity contribution in [3.05, 3.63) is 41.6 Å². The van der Waals surface area contributed by atoms with Crippen LogP contribution < -0.4 is 10.1 Å². The van der Waals surface area contributed by atoms with Crippen molar-refractivity contribution in [2.75, 3.05) is 12.4 Å². The van der Waals surface area contributed by atoms with E-state index in [1.165, 1.54) is 13.2 Å². The number of phenolic OH excluding ortho intramolecular Hbond substituents is 1. The minimum Gasteiger partial charge on any atom is -0.504 e. The largest absolute Gasteiger partial charge is 0.504 e. The van der Waals surface area contributed by atoms with E-state index in [-0.39, 0.29) is 11.0 Å². The maximum atomic E-state index is 9.81. The molecule has 0 unspecified atom stereocenters. The number of aromatic hydroxyl groups is 1. The summed E-state index contributed by atoms with van der Waals surface area (Å²) < 4.78 is 10.4. The molecule has 0 aliphatic rings. The lowest BCUT2D eigenvalue weighted by Gasteiger charge is -2.10. The Morgan fingerprint density at radius 2 is 2.24 bits per heavy atom. The van der Waals surface area contributed by atoms with Gasteiger partial charge in [0.05, 0.1) is 25.4 Å². The van der Waals surface area contributed by atoms with E-state index in [0.717, 1.165) is 5.76 Å². The van der Waals surface area contributed by atoms with Crippen molar-refractivity contribution in [3.8, 4) is 11.5 Å². The van der Waals surface area contributed by atoms with Crippen molar-refractivity contribution in [3.63, 3.8) is 0 Å². The Hall–Kier alpha value is -2.47. The van der Waals surface area contributed by atoms with Gasteiger partial charge in [0.2, 0.25) is 5.28 Å². The maximum absolute atomic E-state index is 9.81. The lowest BCUT2D eigenvalue weighted by molar-refractivity contribution is 0.374. The summed E-state index contributed by atoms with van der Waals surface area (Å²) in [4.78, 5) is 8.26. The Kier molecular flexibility index (Phi) is 3.53. The zero-order valence-corrected chi connectivity index (χ0v) is 11.9. The highest BCUT2D eigenvalue weighted by molar-refractivity contribution is 6.28. The summed E-state index contributed by atoms with van der Waals surface area (Å²) in [5, 5.41) is 13.7.